The van der Waals surface area contributed by atoms with E-state index in [1.165, 1.54) is 0 Å². The Labute approximate surface area is 197 Å². The van der Waals surface area contributed by atoms with Crippen LogP contribution in [-0.2, 0) is 29.0 Å². The Hall–Kier alpha value is -3.52. The quantitative estimate of drug-likeness (QED) is 0.399. The Balaban J connectivity index is 1.42. The molecule has 5 rings (SSSR count). The molecule has 0 N–H and O–H groups in total. The van der Waals surface area contributed by atoms with E-state index in [-0.39, 0.29) is 25.6 Å². The third-order valence-electron chi connectivity index (χ3n) is 6.35. The second-order valence-corrected chi connectivity index (χ2v) is 8.61. The summed E-state index contributed by atoms with van der Waals surface area (Å²) in [5, 5.41) is 0.864. The minimum absolute atomic E-state index is 0.140. The molecule has 34 heavy (non-hydrogen) atoms. The first kappa shape index (κ1) is 22.3. The minimum Gasteiger partial charge on any atom is -0.477 e. The first-order chi connectivity index (χ1) is 16.4. The van der Waals surface area contributed by atoms with Crippen molar-refractivity contribution in [3.05, 3.63) is 62.5 Å². The molecule has 0 saturated carbocycles. The molecule has 3 aromatic rings. The highest BCUT2D eigenvalue weighted by molar-refractivity contribution is 5.87. The van der Waals surface area contributed by atoms with Crippen LogP contribution in [0.15, 0.2) is 33.5 Å². The van der Waals surface area contributed by atoms with Gasteiger partial charge in [-0.15, -0.1) is 0 Å². The molecule has 178 valence electrons. The van der Waals surface area contributed by atoms with Crippen molar-refractivity contribution < 1.29 is 28.2 Å². The predicted molar refractivity (Wildman–Crippen MR) is 124 cm³/mol. The number of aryl methyl sites for hydroxylation is 2. The number of esters is 1. The van der Waals surface area contributed by atoms with Gasteiger partial charge in [0.15, 0.2) is 11.5 Å². The molecule has 0 atom stereocenters. The van der Waals surface area contributed by atoms with Gasteiger partial charge < -0.3 is 23.4 Å². The van der Waals surface area contributed by atoms with Crippen LogP contribution in [0.2, 0.25) is 0 Å². The molecule has 0 fully saturated rings. The second kappa shape index (κ2) is 9.02. The highest BCUT2D eigenvalue weighted by Gasteiger charge is 2.25. The largest absolute Gasteiger partial charge is 0.477 e. The van der Waals surface area contributed by atoms with E-state index in [9.17, 15) is 9.59 Å². The Morgan fingerprint density at radius 3 is 2.74 bits per heavy atom. The van der Waals surface area contributed by atoms with Crippen molar-refractivity contribution in [2.45, 2.75) is 46.7 Å². The van der Waals surface area contributed by atoms with Gasteiger partial charge in [-0.3, -0.25) is 9.69 Å². The van der Waals surface area contributed by atoms with Gasteiger partial charge in [-0.25, -0.2) is 4.79 Å². The zero-order valence-electron chi connectivity index (χ0n) is 19.6. The van der Waals surface area contributed by atoms with Gasteiger partial charge in [-0.05, 0) is 56.5 Å². The molecule has 0 bridgehead atoms. The van der Waals surface area contributed by atoms with Crippen LogP contribution in [-0.4, -0.2) is 31.0 Å². The van der Waals surface area contributed by atoms with Crippen molar-refractivity contribution in [3.8, 4) is 17.2 Å². The van der Waals surface area contributed by atoms with Gasteiger partial charge in [0.05, 0.1) is 6.61 Å². The summed E-state index contributed by atoms with van der Waals surface area (Å²) in [4.78, 5) is 26.7. The zero-order chi connectivity index (χ0) is 23.8. The molecule has 2 aliphatic rings. The van der Waals surface area contributed by atoms with Crippen LogP contribution < -0.4 is 19.8 Å². The summed E-state index contributed by atoms with van der Waals surface area (Å²) in [6.45, 7) is 7.96. The number of ether oxygens (including phenoxy) is 4. The van der Waals surface area contributed by atoms with E-state index in [1.54, 1.807) is 6.92 Å². The lowest BCUT2D eigenvalue weighted by molar-refractivity contribution is -0.143. The molecule has 0 amide bonds. The fourth-order valence-electron chi connectivity index (χ4n) is 4.64. The van der Waals surface area contributed by atoms with E-state index in [4.69, 9.17) is 23.4 Å². The number of carbonyl (C=O) groups is 1. The highest BCUT2D eigenvalue weighted by atomic mass is 16.7. The summed E-state index contributed by atoms with van der Waals surface area (Å²) in [5.41, 5.74) is 4.40. The van der Waals surface area contributed by atoms with E-state index >= 15 is 0 Å². The SMILES string of the molecule is CCOC(=O)CCc1c(C)c2cc3c(c(C)c2oc1=O)OCN(Cc1ccc2c(c1)OCO2)C3. The summed E-state index contributed by atoms with van der Waals surface area (Å²) in [5.74, 6) is 1.97. The van der Waals surface area contributed by atoms with Crippen LogP contribution in [0.4, 0.5) is 0 Å². The maximum Gasteiger partial charge on any atom is 0.339 e. The van der Waals surface area contributed by atoms with Crippen LogP contribution >= 0.6 is 0 Å². The summed E-state index contributed by atoms with van der Waals surface area (Å²) < 4.78 is 27.7. The average Bonchev–Trinajstić information content (AvgIpc) is 3.28. The second-order valence-electron chi connectivity index (χ2n) is 8.61. The van der Waals surface area contributed by atoms with E-state index in [0.717, 1.165) is 44.9 Å². The topological polar surface area (TPSA) is 87.4 Å². The molecule has 2 aromatic carbocycles. The van der Waals surface area contributed by atoms with E-state index in [2.05, 4.69) is 4.90 Å². The van der Waals surface area contributed by atoms with Gasteiger partial charge >= 0.3 is 11.6 Å². The molecular formula is C26H27NO7. The first-order valence-electron chi connectivity index (χ1n) is 11.4. The molecule has 0 saturated heterocycles. The monoisotopic (exact) mass is 465 g/mol. The zero-order valence-corrected chi connectivity index (χ0v) is 19.6. The van der Waals surface area contributed by atoms with Crippen molar-refractivity contribution in [1.29, 1.82) is 0 Å². The van der Waals surface area contributed by atoms with Crippen LogP contribution in [0.5, 0.6) is 17.2 Å². The fourth-order valence-corrected chi connectivity index (χ4v) is 4.64. The summed E-state index contributed by atoms with van der Waals surface area (Å²) in [7, 11) is 0. The van der Waals surface area contributed by atoms with Gasteiger partial charge in [-0.2, -0.15) is 0 Å². The summed E-state index contributed by atoms with van der Waals surface area (Å²) in [6, 6.07) is 7.99. The number of benzene rings is 2. The molecule has 1 aromatic heterocycles. The maximum absolute atomic E-state index is 12.7. The van der Waals surface area contributed by atoms with Crippen LogP contribution in [0.3, 0.4) is 0 Å². The van der Waals surface area contributed by atoms with Gasteiger partial charge in [-0.1, -0.05) is 6.07 Å². The van der Waals surface area contributed by atoms with Gasteiger partial charge in [0.1, 0.15) is 18.1 Å². The van der Waals surface area contributed by atoms with Crippen molar-refractivity contribution in [2.24, 2.45) is 0 Å². The van der Waals surface area contributed by atoms with Crippen molar-refractivity contribution in [1.82, 2.24) is 4.90 Å². The fraction of sp³-hybridized carbons (Fsp3) is 0.385. The molecule has 8 heteroatoms. The number of carbonyl (C=O) groups excluding carboxylic acids is 1. The van der Waals surface area contributed by atoms with Crippen molar-refractivity contribution >= 4 is 16.9 Å². The number of nitrogens with zero attached hydrogens (tertiary/aromatic N) is 1. The molecular weight excluding hydrogens is 438 g/mol. The van der Waals surface area contributed by atoms with Crippen molar-refractivity contribution in [3.63, 3.8) is 0 Å². The van der Waals surface area contributed by atoms with Gasteiger partial charge in [0.25, 0.3) is 0 Å². The third kappa shape index (κ3) is 4.09. The van der Waals surface area contributed by atoms with E-state index in [1.807, 2.05) is 38.1 Å². The van der Waals surface area contributed by atoms with Gasteiger partial charge in [0, 0.05) is 41.6 Å². The maximum atomic E-state index is 12.7. The number of rotatable bonds is 6. The minimum atomic E-state index is -0.419. The normalized spacial score (nSPS) is 14.7. The molecule has 2 aliphatic heterocycles. The molecule has 0 aliphatic carbocycles. The Morgan fingerprint density at radius 1 is 1.09 bits per heavy atom. The molecule has 8 nitrogen and oxygen atoms in total. The van der Waals surface area contributed by atoms with Crippen LogP contribution in [0.25, 0.3) is 11.0 Å². The van der Waals surface area contributed by atoms with E-state index < -0.39 is 5.63 Å². The molecule has 0 spiro atoms. The third-order valence-corrected chi connectivity index (χ3v) is 6.35. The number of hydrogen-bond acceptors (Lipinski definition) is 8. The van der Waals surface area contributed by atoms with Crippen LogP contribution in [0.1, 0.15) is 41.2 Å². The number of hydrogen-bond donors (Lipinski definition) is 0. The Bertz CT molecular complexity index is 1330. The number of fused-ring (bicyclic) bond motifs is 3. The predicted octanol–water partition coefficient (Wildman–Crippen LogP) is 3.99. The van der Waals surface area contributed by atoms with Crippen LogP contribution in [0, 0.1) is 13.8 Å². The summed E-state index contributed by atoms with van der Waals surface area (Å²) >= 11 is 0. The molecule has 0 radical (unpaired) electrons. The Kier molecular flexibility index (Phi) is 5.91. The summed E-state index contributed by atoms with van der Waals surface area (Å²) in [6.07, 6.45) is 0.424. The molecule has 3 heterocycles. The van der Waals surface area contributed by atoms with Crippen molar-refractivity contribution in [2.75, 3.05) is 20.1 Å². The van der Waals surface area contributed by atoms with E-state index in [0.29, 0.717) is 37.6 Å². The lowest BCUT2D eigenvalue weighted by atomic mass is 9.97. The first-order valence-corrected chi connectivity index (χ1v) is 11.4. The average molecular weight is 466 g/mol. The smallest absolute Gasteiger partial charge is 0.339 e. The molecule has 0 unspecified atom stereocenters. The standard InChI is InChI=1S/C26H27NO7/c1-4-30-23(28)8-6-19-15(2)20-10-18-12-27(11-17-5-7-21-22(9-17)33-14-32-21)13-31-24(18)16(3)25(20)34-26(19)29/h5,7,9-10H,4,6,8,11-14H2,1-3H3. The lowest BCUT2D eigenvalue weighted by Crippen LogP contribution is -2.32. The highest BCUT2D eigenvalue weighted by Crippen LogP contribution is 2.37. The Morgan fingerprint density at radius 2 is 1.91 bits per heavy atom. The van der Waals surface area contributed by atoms with Gasteiger partial charge in [0.2, 0.25) is 6.79 Å². The lowest BCUT2D eigenvalue weighted by Gasteiger charge is -2.30.